The summed E-state index contributed by atoms with van der Waals surface area (Å²) in [5.41, 5.74) is 0.0789. The molecule has 10 heteroatoms. The Morgan fingerprint density at radius 1 is 1.38 bits per heavy atom. The number of aromatic nitrogens is 2. The number of nitrogens with zero attached hydrogens (tertiary/aromatic N) is 2. The van der Waals surface area contributed by atoms with Gasteiger partial charge in [-0.05, 0) is 49.6 Å². The fourth-order valence-electron chi connectivity index (χ4n) is 4.57. The van der Waals surface area contributed by atoms with Crippen molar-refractivity contribution in [3.8, 4) is 5.75 Å². The van der Waals surface area contributed by atoms with Crippen LogP contribution in [-0.2, 0) is 4.74 Å². The van der Waals surface area contributed by atoms with Crippen LogP contribution in [0, 0.1) is 6.92 Å². The molecule has 3 aromatic rings. The van der Waals surface area contributed by atoms with Crippen molar-refractivity contribution in [2.24, 2.45) is 0 Å². The van der Waals surface area contributed by atoms with Crippen LogP contribution in [-0.4, -0.2) is 52.2 Å². The van der Waals surface area contributed by atoms with Crippen LogP contribution in [0.15, 0.2) is 35.4 Å². The second-order valence-corrected chi connectivity index (χ2v) is 9.63. The van der Waals surface area contributed by atoms with Crippen molar-refractivity contribution in [3.05, 3.63) is 56.4 Å². The van der Waals surface area contributed by atoms with Crippen LogP contribution >= 0.6 is 35.3 Å². The first kappa shape index (κ1) is 23.0. The van der Waals surface area contributed by atoms with Gasteiger partial charge < -0.3 is 19.4 Å². The third-order valence-corrected chi connectivity index (χ3v) is 7.48. The number of aromatic amines is 1. The number of nitrogens with one attached hydrogen (secondary N) is 1. The van der Waals surface area contributed by atoms with Crippen LogP contribution < -0.4 is 10.3 Å². The Bertz CT molecular complexity index is 1200. The number of carbonyl (C=O) groups excluding carboxylic acids is 1. The summed E-state index contributed by atoms with van der Waals surface area (Å²) in [6, 6.07) is 7.31. The molecule has 2 aromatic heterocycles. The molecule has 0 bridgehead atoms. The maximum Gasteiger partial charge on any atom is 0.264 e. The van der Waals surface area contributed by atoms with E-state index in [1.165, 1.54) is 17.7 Å². The fraction of sp³-hybridized carbons (Fsp3) is 0.409. The lowest BCUT2D eigenvalue weighted by Gasteiger charge is -2.39. The quantitative estimate of drug-likeness (QED) is 0.588. The van der Waals surface area contributed by atoms with Crippen molar-refractivity contribution in [1.29, 1.82) is 0 Å². The minimum atomic E-state index is -0.398. The Morgan fingerprint density at radius 3 is 2.91 bits per heavy atom. The molecule has 1 spiro atoms. The summed E-state index contributed by atoms with van der Waals surface area (Å²) in [5.74, 6) is 0.696. The van der Waals surface area contributed by atoms with Crippen molar-refractivity contribution in [3.63, 3.8) is 0 Å². The smallest absolute Gasteiger partial charge is 0.264 e. The number of benzene rings is 1. The highest BCUT2D eigenvalue weighted by molar-refractivity contribution is 7.20. The van der Waals surface area contributed by atoms with Gasteiger partial charge in [0.05, 0.1) is 35.3 Å². The lowest BCUT2D eigenvalue weighted by Crippen LogP contribution is -2.50. The Kier molecular flexibility index (Phi) is 6.49. The molecule has 0 aliphatic carbocycles. The number of hydrogen-bond acceptors (Lipinski definition) is 6. The van der Waals surface area contributed by atoms with Gasteiger partial charge in [-0.25, -0.2) is 4.98 Å². The first-order valence-corrected chi connectivity index (χ1v) is 11.5. The number of likely N-dealkylation sites (tertiary alicyclic amines) is 1. The number of aryl methyl sites for hydroxylation is 1. The summed E-state index contributed by atoms with van der Waals surface area (Å²) >= 11 is 7.22. The lowest BCUT2D eigenvalue weighted by atomic mass is 9.89. The number of rotatable bonds is 3. The zero-order chi connectivity index (χ0) is 21.6. The Morgan fingerprint density at radius 2 is 2.16 bits per heavy atom. The number of amides is 1. The fourth-order valence-corrected chi connectivity index (χ4v) is 5.81. The monoisotopic (exact) mass is 495 g/mol. The second-order valence-electron chi connectivity index (χ2n) is 8.19. The Balaban J connectivity index is 0.00000245. The number of ether oxygens (including phenoxy) is 2. The number of fused-ring (bicyclic) bond motifs is 1. The van der Waals surface area contributed by atoms with Crippen LogP contribution in [0.1, 0.15) is 34.5 Å². The largest absolute Gasteiger partial charge is 0.488 e. The van der Waals surface area contributed by atoms with Gasteiger partial charge in [-0.1, -0.05) is 11.6 Å². The SMILES string of the molecule is Cc1c(C(=O)N2CCC[C@@]3(C[C@@H](Oc4ccc(Cl)cc4)CO3)C2)sc2nc[nH]c(=O)c12.Cl. The predicted molar refractivity (Wildman–Crippen MR) is 127 cm³/mol. The Hall–Kier alpha value is -2.13. The minimum absolute atomic E-state index is 0. The second kappa shape index (κ2) is 9.02. The van der Waals surface area contributed by atoms with Gasteiger partial charge >= 0.3 is 0 Å². The van der Waals surface area contributed by atoms with E-state index in [0.29, 0.717) is 45.4 Å². The van der Waals surface area contributed by atoms with E-state index >= 15 is 0 Å². The normalized spacial score (nSPS) is 22.8. The maximum absolute atomic E-state index is 13.3. The van der Waals surface area contributed by atoms with E-state index in [9.17, 15) is 9.59 Å². The van der Waals surface area contributed by atoms with E-state index in [-0.39, 0.29) is 30.0 Å². The molecule has 0 radical (unpaired) electrons. The lowest BCUT2D eigenvalue weighted by molar-refractivity contribution is -0.0452. The highest BCUT2D eigenvalue weighted by atomic mass is 35.5. The number of carbonyl (C=O) groups is 1. The van der Waals surface area contributed by atoms with Gasteiger partial charge in [-0.15, -0.1) is 23.7 Å². The summed E-state index contributed by atoms with van der Waals surface area (Å²) in [4.78, 5) is 35.3. The van der Waals surface area contributed by atoms with Gasteiger partial charge in [-0.2, -0.15) is 0 Å². The number of piperidine rings is 1. The highest BCUT2D eigenvalue weighted by Crippen LogP contribution is 2.38. The molecule has 2 aliphatic rings. The van der Waals surface area contributed by atoms with E-state index in [2.05, 4.69) is 9.97 Å². The molecule has 0 saturated carbocycles. The van der Waals surface area contributed by atoms with Gasteiger partial charge in [0.2, 0.25) is 0 Å². The zero-order valence-corrected chi connectivity index (χ0v) is 19.8. The van der Waals surface area contributed by atoms with Crippen molar-refractivity contribution in [2.45, 2.75) is 37.9 Å². The summed E-state index contributed by atoms with van der Waals surface area (Å²) in [7, 11) is 0. The van der Waals surface area contributed by atoms with Crippen molar-refractivity contribution >= 4 is 51.5 Å². The molecule has 170 valence electrons. The van der Waals surface area contributed by atoms with E-state index in [0.717, 1.165) is 25.0 Å². The number of hydrogen-bond donors (Lipinski definition) is 1. The summed E-state index contributed by atoms with van der Waals surface area (Å²) in [5, 5.41) is 1.16. The molecule has 0 unspecified atom stereocenters. The van der Waals surface area contributed by atoms with E-state index in [4.69, 9.17) is 21.1 Å². The molecule has 1 amide bonds. The molecule has 2 saturated heterocycles. The van der Waals surface area contributed by atoms with Gasteiger partial charge in [0.1, 0.15) is 16.7 Å². The first-order chi connectivity index (χ1) is 14.9. The summed E-state index contributed by atoms with van der Waals surface area (Å²) < 4.78 is 12.3. The topological polar surface area (TPSA) is 84.5 Å². The van der Waals surface area contributed by atoms with Crippen molar-refractivity contribution in [1.82, 2.24) is 14.9 Å². The summed E-state index contributed by atoms with van der Waals surface area (Å²) in [6.07, 6.45) is 3.79. The molecule has 7 nitrogen and oxygen atoms in total. The first-order valence-electron chi connectivity index (χ1n) is 10.3. The molecule has 5 rings (SSSR count). The van der Waals surface area contributed by atoms with E-state index in [1.807, 2.05) is 24.0 Å². The molecule has 32 heavy (non-hydrogen) atoms. The average Bonchev–Trinajstić information content (AvgIpc) is 3.30. The Labute approximate surface area is 200 Å². The van der Waals surface area contributed by atoms with Crippen LogP contribution in [0.25, 0.3) is 10.2 Å². The molecule has 4 heterocycles. The number of H-pyrrole nitrogens is 1. The zero-order valence-electron chi connectivity index (χ0n) is 17.4. The minimum Gasteiger partial charge on any atom is -0.488 e. The van der Waals surface area contributed by atoms with E-state index in [1.54, 1.807) is 12.1 Å². The standard InChI is InChI=1S/C22H22ClN3O4S.ClH/c1-13-17-19(27)24-12-25-20(17)31-18(13)21(28)26-8-2-7-22(11-26)9-16(10-29-22)30-15-5-3-14(23)4-6-15;/h3-6,12,16H,2,7-11H2,1H3,(H,24,25,27);1H/t16-,22-;/m1./s1. The third kappa shape index (κ3) is 4.24. The number of thiophene rings is 1. The molecule has 2 fully saturated rings. The molecule has 1 N–H and O–H groups in total. The van der Waals surface area contributed by atoms with Gasteiger partial charge in [0.15, 0.2) is 0 Å². The number of halogens is 2. The van der Waals surface area contributed by atoms with Crippen LogP contribution in [0.4, 0.5) is 0 Å². The third-order valence-electron chi connectivity index (χ3n) is 6.05. The average molecular weight is 496 g/mol. The van der Waals surface area contributed by atoms with Crippen LogP contribution in [0.2, 0.25) is 5.02 Å². The van der Waals surface area contributed by atoms with Gasteiger partial charge in [0.25, 0.3) is 11.5 Å². The van der Waals surface area contributed by atoms with Crippen LogP contribution in [0.5, 0.6) is 5.75 Å². The highest BCUT2D eigenvalue weighted by Gasteiger charge is 2.45. The van der Waals surface area contributed by atoms with Gasteiger partial charge in [0, 0.05) is 18.0 Å². The van der Waals surface area contributed by atoms with E-state index < -0.39 is 5.60 Å². The van der Waals surface area contributed by atoms with Crippen molar-refractivity contribution < 1.29 is 14.3 Å². The molecule has 1 aromatic carbocycles. The maximum atomic E-state index is 13.3. The summed E-state index contributed by atoms with van der Waals surface area (Å²) in [6.45, 7) is 3.49. The predicted octanol–water partition coefficient (Wildman–Crippen LogP) is 4.21. The molecule has 2 atom stereocenters. The van der Waals surface area contributed by atoms with Crippen molar-refractivity contribution in [2.75, 3.05) is 19.7 Å². The molecule has 2 aliphatic heterocycles. The van der Waals surface area contributed by atoms with Gasteiger partial charge in [-0.3, -0.25) is 9.59 Å². The molecular weight excluding hydrogens is 473 g/mol. The van der Waals surface area contributed by atoms with Crippen LogP contribution in [0.3, 0.4) is 0 Å². The molecular formula is C22H23Cl2N3O4S.